The highest BCUT2D eigenvalue weighted by Crippen LogP contribution is 2.15. The van der Waals surface area contributed by atoms with Crippen LogP contribution in [0.2, 0.25) is 0 Å². The van der Waals surface area contributed by atoms with E-state index >= 15 is 0 Å². The molecule has 7 nitrogen and oxygen atoms in total. The second-order valence-corrected chi connectivity index (χ2v) is 7.30. The van der Waals surface area contributed by atoms with E-state index in [1.54, 1.807) is 6.07 Å². The van der Waals surface area contributed by atoms with Gasteiger partial charge in [-0.2, -0.15) is 0 Å². The number of sulfonamides is 1. The summed E-state index contributed by atoms with van der Waals surface area (Å²) in [5.41, 5.74) is 3.88. The average molecular weight is 334 g/mol. The SMILES string of the molecule is Cc1cc(CCNS(=O)(=O)c2ccc3[nH]c(=O)[nH]c3c2)c(C)[nH]1. The van der Waals surface area contributed by atoms with E-state index in [0.29, 0.717) is 24.0 Å². The fourth-order valence-electron chi connectivity index (χ4n) is 2.62. The van der Waals surface area contributed by atoms with Gasteiger partial charge in [-0.15, -0.1) is 0 Å². The Labute approximate surface area is 133 Å². The van der Waals surface area contributed by atoms with Crippen LogP contribution in [0.25, 0.3) is 11.0 Å². The van der Waals surface area contributed by atoms with Crippen molar-refractivity contribution in [2.24, 2.45) is 0 Å². The molecule has 0 radical (unpaired) electrons. The van der Waals surface area contributed by atoms with Gasteiger partial charge in [0.05, 0.1) is 15.9 Å². The summed E-state index contributed by atoms with van der Waals surface area (Å²) in [4.78, 5) is 19.7. The first-order valence-corrected chi connectivity index (χ1v) is 8.70. The van der Waals surface area contributed by atoms with Gasteiger partial charge < -0.3 is 15.0 Å². The first-order valence-electron chi connectivity index (χ1n) is 7.22. The first-order chi connectivity index (χ1) is 10.8. The van der Waals surface area contributed by atoms with Gasteiger partial charge in [-0.3, -0.25) is 0 Å². The highest BCUT2D eigenvalue weighted by molar-refractivity contribution is 7.89. The molecule has 2 heterocycles. The van der Waals surface area contributed by atoms with Crippen LogP contribution in [0.1, 0.15) is 17.0 Å². The summed E-state index contributed by atoms with van der Waals surface area (Å²) in [5, 5.41) is 0. The van der Waals surface area contributed by atoms with Crippen LogP contribution in [-0.2, 0) is 16.4 Å². The van der Waals surface area contributed by atoms with E-state index in [4.69, 9.17) is 0 Å². The zero-order valence-electron chi connectivity index (χ0n) is 12.9. The van der Waals surface area contributed by atoms with E-state index in [1.807, 2.05) is 19.9 Å². The average Bonchev–Trinajstić information content (AvgIpc) is 2.99. The molecule has 8 heteroatoms. The fraction of sp³-hybridized carbons (Fsp3) is 0.267. The lowest BCUT2D eigenvalue weighted by molar-refractivity contribution is 0.581. The molecule has 0 aliphatic rings. The molecule has 0 atom stereocenters. The Hall–Kier alpha value is -2.32. The Balaban J connectivity index is 1.74. The molecule has 4 N–H and O–H groups in total. The number of hydrogen-bond acceptors (Lipinski definition) is 3. The van der Waals surface area contributed by atoms with Crippen molar-refractivity contribution < 1.29 is 8.42 Å². The summed E-state index contributed by atoms with van der Waals surface area (Å²) in [6, 6.07) is 6.50. The van der Waals surface area contributed by atoms with Gasteiger partial charge in [-0.1, -0.05) is 0 Å². The fourth-order valence-corrected chi connectivity index (χ4v) is 3.68. The van der Waals surface area contributed by atoms with E-state index in [0.717, 1.165) is 17.0 Å². The summed E-state index contributed by atoms with van der Waals surface area (Å²) in [5.74, 6) is 0. The van der Waals surface area contributed by atoms with Crippen molar-refractivity contribution >= 4 is 21.1 Å². The summed E-state index contributed by atoms with van der Waals surface area (Å²) >= 11 is 0. The lowest BCUT2D eigenvalue weighted by Crippen LogP contribution is -2.26. The van der Waals surface area contributed by atoms with E-state index in [9.17, 15) is 13.2 Å². The topological polar surface area (TPSA) is 111 Å². The van der Waals surface area contributed by atoms with Crippen molar-refractivity contribution in [1.82, 2.24) is 19.7 Å². The van der Waals surface area contributed by atoms with Gasteiger partial charge >= 0.3 is 5.69 Å². The van der Waals surface area contributed by atoms with Crippen molar-refractivity contribution in [2.75, 3.05) is 6.54 Å². The maximum absolute atomic E-state index is 12.3. The molecule has 0 saturated carbocycles. The van der Waals surface area contributed by atoms with Crippen LogP contribution < -0.4 is 10.4 Å². The smallest absolute Gasteiger partial charge is 0.323 e. The van der Waals surface area contributed by atoms with Gasteiger partial charge in [-0.25, -0.2) is 17.9 Å². The number of rotatable bonds is 5. The van der Waals surface area contributed by atoms with Gasteiger partial charge in [0.1, 0.15) is 0 Å². The molecule has 0 saturated heterocycles. The molecule has 122 valence electrons. The van der Waals surface area contributed by atoms with E-state index in [2.05, 4.69) is 19.7 Å². The Kier molecular flexibility index (Phi) is 3.87. The largest absolute Gasteiger partial charge is 0.362 e. The van der Waals surface area contributed by atoms with Crippen LogP contribution >= 0.6 is 0 Å². The Morgan fingerprint density at radius 2 is 1.78 bits per heavy atom. The quantitative estimate of drug-likeness (QED) is 0.565. The number of aryl methyl sites for hydroxylation is 2. The third-order valence-electron chi connectivity index (χ3n) is 3.74. The number of hydrogen-bond donors (Lipinski definition) is 4. The molecular weight excluding hydrogens is 316 g/mol. The number of H-pyrrole nitrogens is 3. The minimum Gasteiger partial charge on any atom is -0.362 e. The maximum atomic E-state index is 12.3. The van der Waals surface area contributed by atoms with Crippen molar-refractivity contribution in [1.29, 1.82) is 0 Å². The summed E-state index contributed by atoms with van der Waals surface area (Å²) in [6.45, 7) is 4.24. The summed E-state index contributed by atoms with van der Waals surface area (Å²) in [6.07, 6.45) is 0.610. The highest BCUT2D eigenvalue weighted by atomic mass is 32.2. The minimum absolute atomic E-state index is 0.127. The van der Waals surface area contributed by atoms with E-state index < -0.39 is 10.0 Å². The predicted molar refractivity (Wildman–Crippen MR) is 88.1 cm³/mol. The van der Waals surface area contributed by atoms with Crippen LogP contribution in [0.5, 0.6) is 0 Å². The normalized spacial score (nSPS) is 12.1. The molecule has 0 spiro atoms. The summed E-state index contributed by atoms with van der Waals surface area (Å²) in [7, 11) is -3.61. The molecule has 23 heavy (non-hydrogen) atoms. The Morgan fingerprint density at radius 3 is 2.48 bits per heavy atom. The molecule has 0 aliphatic carbocycles. The number of aromatic amines is 3. The number of imidazole rings is 1. The molecule has 1 aromatic carbocycles. The van der Waals surface area contributed by atoms with E-state index in [-0.39, 0.29) is 10.6 Å². The lowest BCUT2D eigenvalue weighted by Gasteiger charge is -2.07. The van der Waals surface area contributed by atoms with Crippen molar-refractivity contribution in [2.45, 2.75) is 25.2 Å². The monoisotopic (exact) mass is 334 g/mol. The maximum Gasteiger partial charge on any atom is 0.323 e. The Bertz CT molecular complexity index is 1010. The molecule has 0 bridgehead atoms. The van der Waals surface area contributed by atoms with E-state index in [1.165, 1.54) is 12.1 Å². The van der Waals surface area contributed by atoms with Crippen LogP contribution in [0, 0.1) is 13.8 Å². The summed E-state index contributed by atoms with van der Waals surface area (Å²) < 4.78 is 27.3. The lowest BCUT2D eigenvalue weighted by atomic mass is 10.2. The number of aromatic nitrogens is 3. The first kappa shape index (κ1) is 15.6. The highest BCUT2D eigenvalue weighted by Gasteiger charge is 2.15. The van der Waals surface area contributed by atoms with Gasteiger partial charge in [-0.05, 0) is 50.1 Å². The molecule has 0 fully saturated rings. The second-order valence-electron chi connectivity index (χ2n) is 5.54. The third-order valence-corrected chi connectivity index (χ3v) is 5.20. The van der Waals surface area contributed by atoms with Gasteiger partial charge in [0.2, 0.25) is 10.0 Å². The standard InChI is InChI=1S/C15H18N4O3S/c1-9-7-11(10(2)17-9)5-6-16-23(21,22)12-3-4-13-14(8-12)19-15(20)18-13/h3-4,7-8,16-17H,5-6H2,1-2H3,(H2,18,19,20). The van der Waals surface area contributed by atoms with Crippen molar-refractivity contribution in [3.8, 4) is 0 Å². The molecule has 3 aromatic rings. The minimum atomic E-state index is -3.61. The third kappa shape index (κ3) is 3.22. The van der Waals surface area contributed by atoms with Crippen molar-refractivity contribution in [3.05, 3.63) is 51.7 Å². The van der Waals surface area contributed by atoms with Crippen LogP contribution in [0.15, 0.2) is 34.0 Å². The van der Waals surface area contributed by atoms with Gasteiger partial charge in [0, 0.05) is 17.9 Å². The Morgan fingerprint density at radius 1 is 1.04 bits per heavy atom. The van der Waals surface area contributed by atoms with Crippen molar-refractivity contribution in [3.63, 3.8) is 0 Å². The number of benzene rings is 1. The second kappa shape index (κ2) is 5.71. The molecular formula is C15H18N4O3S. The number of fused-ring (bicyclic) bond motifs is 1. The van der Waals surface area contributed by atoms with Crippen LogP contribution in [0.4, 0.5) is 0 Å². The molecule has 0 aliphatic heterocycles. The zero-order valence-corrected chi connectivity index (χ0v) is 13.7. The van der Waals surface area contributed by atoms with Crippen LogP contribution in [0.3, 0.4) is 0 Å². The molecule has 2 aromatic heterocycles. The van der Waals surface area contributed by atoms with Crippen LogP contribution in [-0.4, -0.2) is 29.9 Å². The zero-order chi connectivity index (χ0) is 16.6. The molecule has 0 unspecified atom stereocenters. The van der Waals surface area contributed by atoms with Gasteiger partial charge in [0.25, 0.3) is 0 Å². The predicted octanol–water partition coefficient (Wildman–Crippen LogP) is 1.32. The van der Waals surface area contributed by atoms with Gasteiger partial charge in [0.15, 0.2) is 0 Å². The molecule has 3 rings (SSSR count). The molecule has 0 amide bonds. The number of nitrogens with one attached hydrogen (secondary N) is 4.